The molecule has 31 heavy (non-hydrogen) atoms. The number of hydrogen-bond acceptors (Lipinski definition) is 5. The molecule has 1 fully saturated rings. The fraction of sp³-hybridized carbons (Fsp3) is 0.500. The topological polar surface area (TPSA) is 110 Å². The van der Waals surface area contributed by atoms with E-state index in [-0.39, 0.29) is 29.5 Å². The van der Waals surface area contributed by atoms with Gasteiger partial charge < -0.3 is 10.3 Å². The molecule has 1 aromatic carbocycles. The van der Waals surface area contributed by atoms with Crippen molar-refractivity contribution in [3.63, 3.8) is 0 Å². The molecular weight excluding hydrogens is 414 g/mol. The van der Waals surface area contributed by atoms with E-state index in [0.717, 1.165) is 23.3 Å². The summed E-state index contributed by atoms with van der Waals surface area (Å²) in [6.07, 6.45) is 1.26. The van der Waals surface area contributed by atoms with Gasteiger partial charge in [-0.3, -0.25) is 9.48 Å². The van der Waals surface area contributed by atoms with Crippen molar-refractivity contribution in [1.82, 2.24) is 25.1 Å². The van der Waals surface area contributed by atoms with Gasteiger partial charge >= 0.3 is 0 Å². The van der Waals surface area contributed by atoms with E-state index in [4.69, 9.17) is 0 Å². The number of amides is 1. The molecule has 1 unspecified atom stereocenters. The largest absolute Gasteiger partial charge is 0.342 e. The Morgan fingerprint density at radius 2 is 2.03 bits per heavy atom. The number of para-hydroxylation sites is 2. The fourth-order valence-electron chi connectivity index (χ4n) is 4.39. The van der Waals surface area contributed by atoms with Gasteiger partial charge in [0, 0.05) is 5.69 Å². The average Bonchev–Trinajstić information content (AvgIpc) is 3.35. The quantitative estimate of drug-likeness (QED) is 0.608. The van der Waals surface area contributed by atoms with Gasteiger partial charge in [-0.15, -0.1) is 0 Å². The van der Waals surface area contributed by atoms with Crippen molar-refractivity contribution < 1.29 is 13.2 Å². The van der Waals surface area contributed by atoms with E-state index in [9.17, 15) is 13.2 Å². The first-order valence-electron chi connectivity index (χ1n) is 10.7. The second-order valence-corrected chi connectivity index (χ2v) is 11.1. The van der Waals surface area contributed by atoms with E-state index in [1.54, 1.807) is 11.6 Å². The van der Waals surface area contributed by atoms with Crippen molar-refractivity contribution in [2.75, 3.05) is 11.5 Å². The van der Waals surface area contributed by atoms with Gasteiger partial charge in [-0.1, -0.05) is 26.0 Å². The van der Waals surface area contributed by atoms with Crippen molar-refractivity contribution in [3.05, 3.63) is 47.0 Å². The normalized spacial score (nSPS) is 19.2. The van der Waals surface area contributed by atoms with E-state index in [0.29, 0.717) is 29.3 Å². The predicted octanol–water partition coefficient (Wildman–Crippen LogP) is 3.25. The third-order valence-corrected chi connectivity index (χ3v) is 7.61. The summed E-state index contributed by atoms with van der Waals surface area (Å²) in [5, 5.41) is 7.66. The molecular formula is C22H29N5O3S. The molecule has 2 aromatic heterocycles. The van der Waals surface area contributed by atoms with Crippen LogP contribution < -0.4 is 5.32 Å². The molecule has 1 saturated heterocycles. The molecule has 2 N–H and O–H groups in total. The summed E-state index contributed by atoms with van der Waals surface area (Å²) in [5.41, 5.74) is 3.61. The van der Waals surface area contributed by atoms with Gasteiger partial charge in [0.25, 0.3) is 5.91 Å². The van der Waals surface area contributed by atoms with Gasteiger partial charge in [-0.25, -0.2) is 13.4 Å². The Bertz CT molecular complexity index is 1190. The van der Waals surface area contributed by atoms with Crippen molar-refractivity contribution in [1.29, 1.82) is 0 Å². The van der Waals surface area contributed by atoms with Crippen LogP contribution in [0, 0.1) is 19.8 Å². The zero-order valence-electron chi connectivity index (χ0n) is 18.3. The lowest BCUT2D eigenvalue weighted by Crippen LogP contribution is -2.31. The van der Waals surface area contributed by atoms with Crippen LogP contribution in [0.25, 0.3) is 11.0 Å². The number of H-pyrrole nitrogens is 1. The molecule has 4 rings (SSSR count). The van der Waals surface area contributed by atoms with Crippen LogP contribution in [0.5, 0.6) is 0 Å². The Hall–Kier alpha value is -2.68. The number of carbonyl (C=O) groups is 1. The Labute approximate surface area is 182 Å². The number of nitrogens with one attached hydrogen (secondary N) is 2. The number of benzene rings is 1. The number of carbonyl (C=O) groups excluding carboxylic acids is 1. The van der Waals surface area contributed by atoms with Crippen LogP contribution >= 0.6 is 0 Å². The van der Waals surface area contributed by atoms with Crippen molar-refractivity contribution >= 4 is 26.8 Å². The Kier molecular flexibility index (Phi) is 5.63. The van der Waals surface area contributed by atoms with E-state index in [1.165, 1.54) is 0 Å². The van der Waals surface area contributed by atoms with Gasteiger partial charge in [0.05, 0.1) is 45.9 Å². The standard InChI is InChI=1S/C22H29N5O3S/c1-13(2)11-19(21-23-17-7-5-6-8-18(17)24-21)25-22(28)20-14(3)26-27(15(20)4)16-9-10-31(29,30)12-16/h5-8,13,16,19H,9-12H2,1-4H3,(H,23,24)(H,25,28)/t16?,19-/m1/s1. The average molecular weight is 444 g/mol. The minimum Gasteiger partial charge on any atom is -0.342 e. The summed E-state index contributed by atoms with van der Waals surface area (Å²) < 4.78 is 25.5. The highest BCUT2D eigenvalue weighted by molar-refractivity contribution is 7.91. The van der Waals surface area contributed by atoms with Crippen LogP contribution in [0.2, 0.25) is 0 Å². The molecule has 1 amide bonds. The lowest BCUT2D eigenvalue weighted by atomic mass is 10.0. The zero-order chi connectivity index (χ0) is 22.3. The highest BCUT2D eigenvalue weighted by Crippen LogP contribution is 2.28. The monoisotopic (exact) mass is 443 g/mol. The van der Waals surface area contributed by atoms with Gasteiger partial charge in [0.2, 0.25) is 0 Å². The van der Waals surface area contributed by atoms with E-state index in [1.807, 2.05) is 31.2 Å². The van der Waals surface area contributed by atoms with Crippen LogP contribution in [0.1, 0.15) is 66.3 Å². The lowest BCUT2D eigenvalue weighted by molar-refractivity contribution is 0.0928. The molecule has 1 aliphatic rings. The highest BCUT2D eigenvalue weighted by atomic mass is 32.2. The first-order valence-corrected chi connectivity index (χ1v) is 12.5. The molecule has 0 aliphatic carbocycles. The number of fused-ring (bicyclic) bond motifs is 1. The minimum atomic E-state index is -3.04. The second-order valence-electron chi connectivity index (χ2n) is 8.84. The van der Waals surface area contributed by atoms with Crippen molar-refractivity contribution in [2.24, 2.45) is 5.92 Å². The van der Waals surface area contributed by atoms with Crippen LogP contribution in [0.4, 0.5) is 0 Å². The number of aryl methyl sites for hydroxylation is 1. The fourth-order valence-corrected chi connectivity index (χ4v) is 6.09. The maximum absolute atomic E-state index is 13.3. The second kappa shape index (κ2) is 8.11. The Morgan fingerprint density at radius 1 is 1.29 bits per heavy atom. The zero-order valence-corrected chi connectivity index (χ0v) is 19.2. The summed E-state index contributed by atoms with van der Waals surface area (Å²) in [5.74, 6) is 1.11. The number of aromatic amines is 1. The molecule has 166 valence electrons. The first kappa shape index (κ1) is 21.5. The number of nitrogens with zero attached hydrogens (tertiary/aromatic N) is 3. The maximum Gasteiger partial charge on any atom is 0.255 e. The van der Waals surface area contributed by atoms with E-state index >= 15 is 0 Å². The van der Waals surface area contributed by atoms with Gasteiger partial charge in [-0.2, -0.15) is 5.10 Å². The lowest BCUT2D eigenvalue weighted by Gasteiger charge is -2.19. The van der Waals surface area contributed by atoms with Crippen molar-refractivity contribution in [2.45, 2.75) is 52.6 Å². The summed E-state index contributed by atoms with van der Waals surface area (Å²) in [4.78, 5) is 21.3. The van der Waals surface area contributed by atoms with Crippen molar-refractivity contribution in [3.8, 4) is 0 Å². The molecule has 9 heteroatoms. The number of aromatic nitrogens is 4. The van der Waals surface area contributed by atoms with Crippen LogP contribution in [-0.4, -0.2) is 45.6 Å². The molecule has 3 heterocycles. The first-order chi connectivity index (χ1) is 14.6. The van der Waals surface area contributed by atoms with Crippen LogP contribution in [-0.2, 0) is 9.84 Å². The van der Waals surface area contributed by atoms with Crippen LogP contribution in [0.3, 0.4) is 0 Å². The summed E-state index contributed by atoms with van der Waals surface area (Å²) in [6, 6.07) is 7.31. The molecule has 8 nitrogen and oxygen atoms in total. The summed E-state index contributed by atoms with van der Waals surface area (Å²) in [7, 11) is -3.04. The van der Waals surface area contributed by atoms with Gasteiger partial charge in [-0.05, 0) is 44.7 Å². The Morgan fingerprint density at radius 3 is 2.68 bits per heavy atom. The van der Waals surface area contributed by atoms with Gasteiger partial charge in [0.15, 0.2) is 9.84 Å². The molecule has 0 radical (unpaired) electrons. The van der Waals surface area contributed by atoms with E-state index in [2.05, 4.69) is 34.2 Å². The maximum atomic E-state index is 13.3. The molecule has 0 spiro atoms. The Balaban J connectivity index is 1.62. The third kappa shape index (κ3) is 4.37. The SMILES string of the molecule is Cc1nn(C2CCS(=O)(=O)C2)c(C)c1C(=O)N[C@H](CC(C)C)c1nc2ccccc2[nH]1. The number of hydrogen-bond donors (Lipinski definition) is 2. The molecule has 1 aliphatic heterocycles. The predicted molar refractivity (Wildman–Crippen MR) is 120 cm³/mol. The molecule has 0 bridgehead atoms. The van der Waals surface area contributed by atoms with Crippen LogP contribution in [0.15, 0.2) is 24.3 Å². The smallest absolute Gasteiger partial charge is 0.255 e. The highest BCUT2D eigenvalue weighted by Gasteiger charge is 2.33. The van der Waals surface area contributed by atoms with Gasteiger partial charge in [0.1, 0.15) is 5.82 Å². The molecule has 0 saturated carbocycles. The minimum absolute atomic E-state index is 0.0744. The summed E-state index contributed by atoms with van der Waals surface area (Å²) in [6.45, 7) is 7.84. The van der Waals surface area contributed by atoms with E-state index < -0.39 is 9.84 Å². The number of imidazole rings is 1. The molecule has 3 aromatic rings. The molecule has 2 atom stereocenters. The number of rotatable bonds is 6. The summed E-state index contributed by atoms with van der Waals surface area (Å²) >= 11 is 0. The number of sulfone groups is 1. The third-order valence-electron chi connectivity index (χ3n) is 5.86.